The predicted octanol–water partition coefficient (Wildman–Crippen LogP) is 20.2. The number of carbonyl (C=O) groups excluding carboxylic acids is 3. The van der Waals surface area contributed by atoms with Crippen LogP contribution in [0.1, 0.15) is 316 Å². The van der Waals surface area contributed by atoms with Crippen molar-refractivity contribution < 1.29 is 28.6 Å². The van der Waals surface area contributed by atoms with Crippen LogP contribution in [0.25, 0.3) is 0 Å². The molecular formula is C63H114O6. The van der Waals surface area contributed by atoms with Crippen LogP contribution in [0.2, 0.25) is 0 Å². The van der Waals surface area contributed by atoms with Gasteiger partial charge in [-0.3, -0.25) is 14.4 Å². The third-order valence-electron chi connectivity index (χ3n) is 13.3. The van der Waals surface area contributed by atoms with E-state index in [0.717, 1.165) is 96.3 Å². The quantitative estimate of drug-likeness (QED) is 0.0262. The van der Waals surface area contributed by atoms with E-state index in [-0.39, 0.29) is 31.1 Å². The van der Waals surface area contributed by atoms with Gasteiger partial charge in [-0.2, -0.15) is 0 Å². The Morgan fingerprint density at radius 3 is 0.899 bits per heavy atom. The molecule has 6 nitrogen and oxygen atoms in total. The lowest BCUT2D eigenvalue weighted by molar-refractivity contribution is -0.167. The largest absolute Gasteiger partial charge is 0.462 e. The first-order valence-corrected chi connectivity index (χ1v) is 30.1. The molecule has 0 fully saturated rings. The molecular weight excluding hydrogens is 853 g/mol. The number of carbonyl (C=O) groups is 3. The first kappa shape index (κ1) is 66.4. The second kappa shape index (κ2) is 57.9. The number of esters is 3. The maximum atomic E-state index is 12.9. The lowest BCUT2D eigenvalue weighted by Crippen LogP contribution is -2.30. The van der Waals surface area contributed by atoms with Gasteiger partial charge < -0.3 is 14.2 Å². The summed E-state index contributed by atoms with van der Waals surface area (Å²) in [6.07, 6.45) is 71.1. The minimum Gasteiger partial charge on any atom is -0.462 e. The zero-order valence-electron chi connectivity index (χ0n) is 46.1. The summed E-state index contributed by atoms with van der Waals surface area (Å²) in [5.41, 5.74) is 0. The first-order valence-electron chi connectivity index (χ1n) is 30.1. The van der Waals surface area contributed by atoms with E-state index in [9.17, 15) is 14.4 Å². The summed E-state index contributed by atoms with van der Waals surface area (Å²) >= 11 is 0. The zero-order chi connectivity index (χ0) is 50.0. The first-order chi connectivity index (χ1) is 34.0. The molecule has 1 atom stereocenters. The Hall–Kier alpha value is -2.63. The van der Waals surface area contributed by atoms with Crippen LogP contribution >= 0.6 is 0 Å². The van der Waals surface area contributed by atoms with Crippen LogP contribution in [-0.4, -0.2) is 37.2 Å². The molecule has 0 N–H and O–H groups in total. The van der Waals surface area contributed by atoms with Gasteiger partial charge >= 0.3 is 17.9 Å². The number of ether oxygens (including phenoxy) is 3. The molecule has 6 heteroatoms. The fraction of sp³-hybridized carbons (Fsp3) is 0.825. The van der Waals surface area contributed by atoms with Crippen molar-refractivity contribution in [2.24, 2.45) is 0 Å². The van der Waals surface area contributed by atoms with Gasteiger partial charge in [0.2, 0.25) is 0 Å². The highest BCUT2D eigenvalue weighted by Gasteiger charge is 2.19. The number of hydrogen-bond acceptors (Lipinski definition) is 6. The molecule has 0 bridgehead atoms. The summed E-state index contributed by atoms with van der Waals surface area (Å²) in [6, 6.07) is 0. The molecule has 0 amide bonds. The van der Waals surface area contributed by atoms with Crippen LogP contribution in [-0.2, 0) is 28.6 Å². The second-order valence-corrected chi connectivity index (χ2v) is 20.2. The zero-order valence-corrected chi connectivity index (χ0v) is 46.1. The Labute approximate surface area is 428 Å². The third-order valence-corrected chi connectivity index (χ3v) is 13.3. The topological polar surface area (TPSA) is 78.9 Å². The van der Waals surface area contributed by atoms with Crippen molar-refractivity contribution in [3.63, 3.8) is 0 Å². The number of hydrogen-bond donors (Lipinski definition) is 0. The molecule has 0 aliphatic rings. The number of unbranched alkanes of at least 4 members (excludes halogenated alkanes) is 36. The van der Waals surface area contributed by atoms with E-state index in [1.807, 2.05) is 0 Å². The highest BCUT2D eigenvalue weighted by Crippen LogP contribution is 2.17. The molecule has 0 unspecified atom stereocenters. The summed E-state index contributed by atoms with van der Waals surface area (Å²) in [5, 5.41) is 0. The van der Waals surface area contributed by atoms with E-state index in [1.165, 1.54) is 180 Å². The molecule has 0 aromatic rings. The van der Waals surface area contributed by atoms with Gasteiger partial charge in [-0.25, -0.2) is 0 Å². The van der Waals surface area contributed by atoms with Crippen molar-refractivity contribution in [1.29, 1.82) is 0 Å². The van der Waals surface area contributed by atoms with E-state index < -0.39 is 6.10 Å². The Morgan fingerprint density at radius 2 is 0.565 bits per heavy atom. The summed E-state index contributed by atoms with van der Waals surface area (Å²) in [6.45, 7) is 6.55. The molecule has 0 aliphatic carbocycles. The van der Waals surface area contributed by atoms with Crippen molar-refractivity contribution in [2.45, 2.75) is 322 Å². The normalized spacial score (nSPS) is 12.3. The summed E-state index contributed by atoms with van der Waals surface area (Å²) in [4.78, 5) is 38.2. The van der Waals surface area contributed by atoms with E-state index in [1.54, 1.807) is 0 Å². The van der Waals surface area contributed by atoms with Crippen LogP contribution in [0.5, 0.6) is 0 Å². The van der Waals surface area contributed by atoms with Gasteiger partial charge in [0.05, 0.1) is 0 Å². The average Bonchev–Trinajstić information content (AvgIpc) is 3.35. The second-order valence-electron chi connectivity index (χ2n) is 20.2. The van der Waals surface area contributed by atoms with Crippen LogP contribution in [0, 0.1) is 0 Å². The van der Waals surface area contributed by atoms with E-state index >= 15 is 0 Å². The minimum atomic E-state index is -0.780. The van der Waals surface area contributed by atoms with Gasteiger partial charge in [-0.1, -0.05) is 268 Å². The molecule has 69 heavy (non-hydrogen) atoms. The fourth-order valence-corrected chi connectivity index (χ4v) is 8.81. The maximum absolute atomic E-state index is 12.9. The summed E-state index contributed by atoms with van der Waals surface area (Å²) in [7, 11) is 0. The SMILES string of the molecule is CC/C=C\C/C=C\C/C=C\CCCCCCCC(=O)O[C@H](COC(=O)CCCCCCCCCCCCC/C=C\CCCCCCCC)COC(=O)CCCCCCCCCCCCCCCCC. The molecule has 0 radical (unpaired) electrons. The van der Waals surface area contributed by atoms with Crippen molar-refractivity contribution in [3.05, 3.63) is 48.6 Å². The monoisotopic (exact) mass is 967 g/mol. The van der Waals surface area contributed by atoms with Crippen LogP contribution < -0.4 is 0 Å². The molecule has 0 saturated heterocycles. The lowest BCUT2D eigenvalue weighted by Gasteiger charge is -2.18. The molecule has 0 aromatic carbocycles. The third kappa shape index (κ3) is 56.2. The Bertz CT molecular complexity index is 1200. The molecule has 0 spiro atoms. The molecule has 0 saturated carbocycles. The number of allylic oxidation sites excluding steroid dienone is 8. The van der Waals surface area contributed by atoms with E-state index in [4.69, 9.17) is 14.2 Å². The van der Waals surface area contributed by atoms with Gasteiger partial charge in [-0.15, -0.1) is 0 Å². The Morgan fingerprint density at radius 1 is 0.304 bits per heavy atom. The highest BCUT2D eigenvalue weighted by atomic mass is 16.6. The van der Waals surface area contributed by atoms with Crippen molar-refractivity contribution in [2.75, 3.05) is 13.2 Å². The van der Waals surface area contributed by atoms with Crippen molar-refractivity contribution in [3.8, 4) is 0 Å². The average molecular weight is 968 g/mol. The van der Waals surface area contributed by atoms with Crippen molar-refractivity contribution >= 4 is 17.9 Å². The van der Waals surface area contributed by atoms with Gasteiger partial charge in [0.25, 0.3) is 0 Å². The van der Waals surface area contributed by atoms with Crippen molar-refractivity contribution in [1.82, 2.24) is 0 Å². The fourth-order valence-electron chi connectivity index (χ4n) is 8.81. The molecule has 0 aromatic heterocycles. The maximum Gasteiger partial charge on any atom is 0.306 e. The van der Waals surface area contributed by atoms with Gasteiger partial charge in [-0.05, 0) is 77.0 Å². The minimum absolute atomic E-state index is 0.0769. The number of rotatable bonds is 55. The van der Waals surface area contributed by atoms with Gasteiger partial charge in [0.1, 0.15) is 13.2 Å². The van der Waals surface area contributed by atoms with Crippen LogP contribution in [0.4, 0.5) is 0 Å². The van der Waals surface area contributed by atoms with Crippen LogP contribution in [0.3, 0.4) is 0 Å². The smallest absolute Gasteiger partial charge is 0.306 e. The predicted molar refractivity (Wildman–Crippen MR) is 298 cm³/mol. The van der Waals surface area contributed by atoms with E-state index in [0.29, 0.717) is 19.3 Å². The molecule has 0 aliphatic heterocycles. The van der Waals surface area contributed by atoms with Crippen LogP contribution in [0.15, 0.2) is 48.6 Å². The molecule has 402 valence electrons. The van der Waals surface area contributed by atoms with Gasteiger partial charge in [0, 0.05) is 19.3 Å². The highest BCUT2D eigenvalue weighted by molar-refractivity contribution is 5.71. The van der Waals surface area contributed by atoms with Gasteiger partial charge in [0.15, 0.2) is 6.10 Å². The Kier molecular flexibility index (Phi) is 55.7. The molecule has 0 heterocycles. The Balaban J connectivity index is 4.32. The molecule has 0 rings (SSSR count). The summed E-state index contributed by atoms with van der Waals surface area (Å²) in [5.74, 6) is -0.877. The summed E-state index contributed by atoms with van der Waals surface area (Å²) < 4.78 is 16.9. The lowest BCUT2D eigenvalue weighted by atomic mass is 10.0. The van der Waals surface area contributed by atoms with E-state index in [2.05, 4.69) is 69.4 Å². The standard InChI is InChI=1S/C63H114O6/c1-4-7-10-13-16-19-22-25-28-29-30-31-32-33-36-38-41-44-47-50-53-56-62(65)68-59-60(69-63(66)57-54-51-48-45-42-39-35-27-24-21-18-15-12-9-6-3)58-67-61(64)55-52-49-46-43-40-37-34-26-23-20-17-14-11-8-5-2/h9,12,18,21,25,27-28,35,60H,4-8,10-11,13-17,19-20,22-24,26,29-34,36-59H2,1-3H3/b12-9-,21-18-,28-25-,35-27-/t60-/m0/s1.